The van der Waals surface area contributed by atoms with Crippen LogP contribution in [0.2, 0.25) is 0 Å². The maximum absolute atomic E-state index is 12.6. The first-order chi connectivity index (χ1) is 9.66. The van der Waals surface area contributed by atoms with Crippen molar-refractivity contribution in [3.63, 3.8) is 0 Å². The Balaban J connectivity index is 2.27. The molecule has 0 unspecified atom stereocenters. The highest BCUT2D eigenvalue weighted by Crippen LogP contribution is 2.31. The van der Waals surface area contributed by atoms with E-state index in [0.29, 0.717) is 11.1 Å². The Morgan fingerprint density at radius 2 is 1.00 bits per heavy atom. The van der Waals surface area contributed by atoms with Crippen LogP contribution in [-0.4, -0.2) is 0 Å². The molecule has 6 heteroatoms. The van der Waals surface area contributed by atoms with Gasteiger partial charge in [-0.05, 0) is 29.7 Å². The van der Waals surface area contributed by atoms with Gasteiger partial charge in [0, 0.05) is 0 Å². The lowest BCUT2D eigenvalue weighted by Gasteiger charge is -2.10. The van der Waals surface area contributed by atoms with E-state index in [1.165, 1.54) is 24.3 Å². The highest BCUT2D eigenvalue weighted by Gasteiger charge is 2.31. The molecule has 2 rings (SSSR count). The standard InChI is InChI=1S/C15H10F6/c16-14(17,18)12-5-1-3-10(8-12)7-11-4-2-6-13(9-11)15(19,20)21/h1-6,8-9H,7H2. The van der Waals surface area contributed by atoms with Crippen LogP contribution in [0.1, 0.15) is 22.3 Å². The fourth-order valence-corrected chi connectivity index (χ4v) is 1.95. The van der Waals surface area contributed by atoms with Gasteiger partial charge in [0.05, 0.1) is 11.1 Å². The van der Waals surface area contributed by atoms with Gasteiger partial charge < -0.3 is 0 Å². The number of rotatable bonds is 2. The van der Waals surface area contributed by atoms with Gasteiger partial charge in [0.1, 0.15) is 0 Å². The van der Waals surface area contributed by atoms with Gasteiger partial charge in [-0.3, -0.25) is 0 Å². The van der Waals surface area contributed by atoms with Crippen LogP contribution >= 0.6 is 0 Å². The molecule has 0 aliphatic heterocycles. The van der Waals surface area contributed by atoms with Crippen molar-refractivity contribution in [2.45, 2.75) is 18.8 Å². The molecular formula is C15H10F6. The van der Waals surface area contributed by atoms with E-state index in [-0.39, 0.29) is 6.42 Å². The van der Waals surface area contributed by atoms with Crippen molar-refractivity contribution < 1.29 is 26.3 Å². The Labute approximate surface area is 117 Å². The van der Waals surface area contributed by atoms with E-state index < -0.39 is 23.5 Å². The van der Waals surface area contributed by atoms with Crippen LogP contribution in [0.15, 0.2) is 48.5 Å². The molecule has 0 N–H and O–H groups in total. The minimum absolute atomic E-state index is 0.00778. The Bertz CT molecular complexity index is 569. The molecule has 0 amide bonds. The molecule has 0 radical (unpaired) electrons. The summed E-state index contributed by atoms with van der Waals surface area (Å²) >= 11 is 0. The van der Waals surface area contributed by atoms with Gasteiger partial charge in [0.2, 0.25) is 0 Å². The zero-order valence-corrected chi connectivity index (χ0v) is 10.6. The van der Waals surface area contributed by atoms with Crippen LogP contribution in [0.25, 0.3) is 0 Å². The fourth-order valence-electron chi connectivity index (χ4n) is 1.95. The zero-order chi connectivity index (χ0) is 15.7. The lowest BCUT2D eigenvalue weighted by atomic mass is 10.0. The summed E-state index contributed by atoms with van der Waals surface area (Å²) in [5.41, 5.74) is -1.01. The minimum Gasteiger partial charge on any atom is -0.166 e. The number of hydrogen-bond acceptors (Lipinski definition) is 0. The summed E-state index contributed by atoms with van der Waals surface area (Å²) in [4.78, 5) is 0. The number of halogens is 6. The molecule has 0 aliphatic carbocycles. The van der Waals surface area contributed by atoms with E-state index in [1.807, 2.05) is 0 Å². The van der Waals surface area contributed by atoms with Crippen molar-refractivity contribution in [1.29, 1.82) is 0 Å². The van der Waals surface area contributed by atoms with Crippen LogP contribution in [0, 0.1) is 0 Å². The summed E-state index contributed by atoms with van der Waals surface area (Å²) in [5, 5.41) is 0. The van der Waals surface area contributed by atoms with Gasteiger partial charge in [0.25, 0.3) is 0 Å². The third kappa shape index (κ3) is 4.00. The van der Waals surface area contributed by atoms with Crippen LogP contribution in [0.4, 0.5) is 26.3 Å². The SMILES string of the molecule is FC(F)(F)c1cccc(Cc2cccc(C(F)(F)F)c2)c1. The molecule has 0 fully saturated rings. The molecule has 21 heavy (non-hydrogen) atoms. The second kappa shape index (κ2) is 5.42. The second-order valence-electron chi connectivity index (χ2n) is 4.57. The molecule has 0 saturated heterocycles. The monoisotopic (exact) mass is 304 g/mol. The first-order valence-electron chi connectivity index (χ1n) is 5.98. The van der Waals surface area contributed by atoms with Crippen molar-refractivity contribution in [2.75, 3.05) is 0 Å². The lowest BCUT2D eigenvalue weighted by molar-refractivity contribution is -0.138. The van der Waals surface area contributed by atoms with Crippen molar-refractivity contribution in [1.82, 2.24) is 0 Å². The molecule has 2 aromatic carbocycles. The summed E-state index contributed by atoms with van der Waals surface area (Å²) in [7, 11) is 0. The summed E-state index contributed by atoms with van der Waals surface area (Å²) in [5.74, 6) is 0. The normalized spacial score (nSPS) is 12.5. The summed E-state index contributed by atoms with van der Waals surface area (Å²) in [6, 6.07) is 9.13. The quantitative estimate of drug-likeness (QED) is 0.659. The van der Waals surface area contributed by atoms with Gasteiger partial charge in [-0.1, -0.05) is 36.4 Å². The van der Waals surface area contributed by atoms with Crippen LogP contribution in [-0.2, 0) is 18.8 Å². The molecule has 2 aromatic rings. The van der Waals surface area contributed by atoms with E-state index in [0.717, 1.165) is 24.3 Å². The fraction of sp³-hybridized carbons (Fsp3) is 0.200. The first kappa shape index (κ1) is 15.4. The van der Waals surface area contributed by atoms with Gasteiger partial charge in [-0.25, -0.2) is 0 Å². The number of hydrogen-bond donors (Lipinski definition) is 0. The van der Waals surface area contributed by atoms with Gasteiger partial charge in [0.15, 0.2) is 0 Å². The van der Waals surface area contributed by atoms with Gasteiger partial charge in [-0.2, -0.15) is 26.3 Å². The second-order valence-corrected chi connectivity index (χ2v) is 4.57. The minimum atomic E-state index is -4.47. The molecule has 0 saturated carbocycles. The maximum atomic E-state index is 12.6. The van der Waals surface area contributed by atoms with Crippen LogP contribution in [0.3, 0.4) is 0 Å². The number of alkyl halides is 6. The third-order valence-corrected chi connectivity index (χ3v) is 2.92. The molecule has 0 aliphatic rings. The van der Waals surface area contributed by atoms with Crippen molar-refractivity contribution in [2.24, 2.45) is 0 Å². The molecule has 0 atom stereocenters. The molecular weight excluding hydrogens is 294 g/mol. The lowest BCUT2D eigenvalue weighted by Crippen LogP contribution is -2.06. The molecule has 112 valence electrons. The average Bonchev–Trinajstić information content (AvgIpc) is 2.37. The molecule has 0 nitrogen and oxygen atoms in total. The van der Waals surface area contributed by atoms with E-state index >= 15 is 0 Å². The van der Waals surface area contributed by atoms with E-state index in [9.17, 15) is 26.3 Å². The molecule has 0 spiro atoms. The topological polar surface area (TPSA) is 0 Å². The summed E-state index contributed by atoms with van der Waals surface area (Å²) in [6.07, 6.45) is -8.93. The Kier molecular flexibility index (Phi) is 3.98. The highest BCUT2D eigenvalue weighted by molar-refractivity contribution is 5.33. The third-order valence-electron chi connectivity index (χ3n) is 2.92. The van der Waals surface area contributed by atoms with Crippen molar-refractivity contribution in [3.8, 4) is 0 Å². The van der Waals surface area contributed by atoms with E-state index in [2.05, 4.69) is 0 Å². The number of benzene rings is 2. The predicted molar refractivity (Wildman–Crippen MR) is 65.7 cm³/mol. The van der Waals surface area contributed by atoms with Crippen LogP contribution in [0.5, 0.6) is 0 Å². The van der Waals surface area contributed by atoms with Crippen molar-refractivity contribution in [3.05, 3.63) is 70.8 Å². The van der Waals surface area contributed by atoms with E-state index in [1.54, 1.807) is 0 Å². The van der Waals surface area contributed by atoms with Gasteiger partial charge >= 0.3 is 12.4 Å². The summed E-state index contributed by atoms with van der Waals surface area (Å²) < 4.78 is 75.5. The largest absolute Gasteiger partial charge is 0.416 e. The first-order valence-corrected chi connectivity index (χ1v) is 5.98. The molecule has 0 bridgehead atoms. The Hall–Kier alpha value is -1.98. The Morgan fingerprint density at radius 3 is 1.33 bits per heavy atom. The molecule has 0 aromatic heterocycles. The van der Waals surface area contributed by atoms with E-state index in [4.69, 9.17) is 0 Å². The van der Waals surface area contributed by atoms with Crippen LogP contribution < -0.4 is 0 Å². The van der Waals surface area contributed by atoms with Gasteiger partial charge in [-0.15, -0.1) is 0 Å². The summed E-state index contributed by atoms with van der Waals surface area (Å²) in [6.45, 7) is 0. The predicted octanol–water partition coefficient (Wildman–Crippen LogP) is 5.32. The smallest absolute Gasteiger partial charge is 0.166 e. The zero-order valence-electron chi connectivity index (χ0n) is 10.6. The molecule has 0 heterocycles. The highest BCUT2D eigenvalue weighted by atomic mass is 19.4. The average molecular weight is 304 g/mol. The maximum Gasteiger partial charge on any atom is 0.416 e. The van der Waals surface area contributed by atoms with Crippen molar-refractivity contribution >= 4 is 0 Å². The Morgan fingerprint density at radius 1 is 0.619 bits per heavy atom.